The fourth-order valence-corrected chi connectivity index (χ4v) is 1.98. The molecular formula is C9H8BrFN2. The van der Waals surface area contributed by atoms with E-state index in [-0.39, 0.29) is 5.82 Å². The maximum atomic E-state index is 13.2. The van der Waals surface area contributed by atoms with Crippen molar-refractivity contribution in [3.05, 3.63) is 34.2 Å². The molecular weight excluding hydrogens is 235 g/mol. The van der Waals surface area contributed by atoms with Gasteiger partial charge in [0.2, 0.25) is 0 Å². The lowest BCUT2D eigenvalue weighted by molar-refractivity contribution is 0.637. The molecule has 3 N–H and O–H groups in total. The van der Waals surface area contributed by atoms with Gasteiger partial charge in [0.05, 0.1) is 10.1 Å². The third-order valence-electron chi connectivity index (χ3n) is 2.04. The average molecular weight is 243 g/mol. The summed E-state index contributed by atoms with van der Waals surface area (Å²) in [4.78, 5) is 2.91. The number of aromatic amines is 1. The SMILES string of the molecule is NCc1c(Br)[nH]c2c(F)cccc12. The summed E-state index contributed by atoms with van der Waals surface area (Å²) >= 11 is 3.30. The Bertz CT molecular complexity index is 450. The Kier molecular flexibility index (Phi) is 2.09. The van der Waals surface area contributed by atoms with Crippen molar-refractivity contribution in [2.45, 2.75) is 6.54 Å². The number of nitrogens with one attached hydrogen (secondary N) is 1. The normalized spacial score (nSPS) is 11.0. The van der Waals surface area contributed by atoms with Crippen LogP contribution in [0.25, 0.3) is 10.9 Å². The molecule has 0 saturated heterocycles. The number of hydrogen-bond donors (Lipinski definition) is 2. The van der Waals surface area contributed by atoms with E-state index in [1.54, 1.807) is 6.07 Å². The number of benzene rings is 1. The van der Waals surface area contributed by atoms with Crippen LogP contribution in [-0.4, -0.2) is 4.98 Å². The lowest BCUT2D eigenvalue weighted by atomic mass is 10.2. The van der Waals surface area contributed by atoms with Gasteiger partial charge in [-0.2, -0.15) is 0 Å². The van der Waals surface area contributed by atoms with Gasteiger partial charge < -0.3 is 10.7 Å². The van der Waals surface area contributed by atoms with Gasteiger partial charge in [0, 0.05) is 17.5 Å². The molecule has 0 aliphatic rings. The molecule has 0 atom stereocenters. The van der Waals surface area contributed by atoms with Crippen LogP contribution in [-0.2, 0) is 6.54 Å². The number of H-pyrrole nitrogens is 1. The maximum absolute atomic E-state index is 13.2. The molecule has 0 spiro atoms. The third kappa shape index (κ3) is 1.26. The Balaban J connectivity index is 2.86. The van der Waals surface area contributed by atoms with E-state index in [1.807, 2.05) is 6.07 Å². The molecule has 1 aromatic heterocycles. The zero-order chi connectivity index (χ0) is 9.42. The predicted octanol–water partition coefficient (Wildman–Crippen LogP) is 2.53. The first-order chi connectivity index (χ1) is 6.24. The lowest BCUT2D eigenvalue weighted by Gasteiger charge is -1.94. The fourth-order valence-electron chi connectivity index (χ4n) is 1.41. The van der Waals surface area contributed by atoms with Crippen molar-refractivity contribution in [3.8, 4) is 0 Å². The average Bonchev–Trinajstić information content (AvgIpc) is 2.43. The van der Waals surface area contributed by atoms with Crippen molar-refractivity contribution in [1.29, 1.82) is 0 Å². The van der Waals surface area contributed by atoms with E-state index in [0.717, 1.165) is 15.6 Å². The van der Waals surface area contributed by atoms with Crippen LogP contribution < -0.4 is 5.73 Å². The van der Waals surface area contributed by atoms with Crippen molar-refractivity contribution >= 4 is 26.8 Å². The van der Waals surface area contributed by atoms with E-state index in [0.29, 0.717) is 12.1 Å². The minimum Gasteiger partial charge on any atom is -0.347 e. The molecule has 13 heavy (non-hydrogen) atoms. The lowest BCUT2D eigenvalue weighted by Crippen LogP contribution is -1.95. The molecule has 1 heterocycles. The number of aromatic nitrogens is 1. The summed E-state index contributed by atoms with van der Waals surface area (Å²) in [5, 5.41) is 0.842. The second-order valence-corrected chi connectivity index (χ2v) is 3.58. The number of fused-ring (bicyclic) bond motifs is 1. The second kappa shape index (κ2) is 3.12. The van der Waals surface area contributed by atoms with Crippen LogP contribution in [0.2, 0.25) is 0 Å². The first-order valence-corrected chi connectivity index (χ1v) is 4.68. The zero-order valence-corrected chi connectivity index (χ0v) is 8.36. The predicted molar refractivity (Wildman–Crippen MR) is 53.8 cm³/mol. The minimum absolute atomic E-state index is 0.252. The molecule has 2 aromatic rings. The molecule has 0 aliphatic carbocycles. The van der Waals surface area contributed by atoms with Gasteiger partial charge in [-0.1, -0.05) is 12.1 Å². The van der Waals surface area contributed by atoms with Gasteiger partial charge in [0.25, 0.3) is 0 Å². The number of rotatable bonds is 1. The molecule has 1 aromatic carbocycles. The van der Waals surface area contributed by atoms with Gasteiger partial charge >= 0.3 is 0 Å². The smallest absolute Gasteiger partial charge is 0.147 e. The van der Waals surface area contributed by atoms with Crippen LogP contribution in [0, 0.1) is 5.82 Å². The maximum Gasteiger partial charge on any atom is 0.147 e. The molecule has 0 unspecified atom stereocenters. The summed E-state index contributed by atoms with van der Waals surface area (Å²) in [5.41, 5.74) is 6.96. The van der Waals surface area contributed by atoms with E-state index in [4.69, 9.17) is 5.73 Å². The molecule has 0 fully saturated rings. The van der Waals surface area contributed by atoms with Crippen molar-refractivity contribution in [1.82, 2.24) is 4.98 Å². The van der Waals surface area contributed by atoms with Crippen LogP contribution in [0.5, 0.6) is 0 Å². The number of nitrogens with two attached hydrogens (primary N) is 1. The summed E-state index contributed by atoms with van der Waals surface area (Å²) in [7, 11) is 0. The van der Waals surface area contributed by atoms with Gasteiger partial charge in [-0.05, 0) is 22.0 Å². The summed E-state index contributed by atoms with van der Waals surface area (Å²) in [6.07, 6.45) is 0. The highest BCUT2D eigenvalue weighted by Gasteiger charge is 2.09. The molecule has 2 rings (SSSR count). The molecule has 68 valence electrons. The monoisotopic (exact) mass is 242 g/mol. The Morgan fingerprint density at radius 3 is 2.92 bits per heavy atom. The van der Waals surface area contributed by atoms with Gasteiger partial charge in [0.1, 0.15) is 5.82 Å². The van der Waals surface area contributed by atoms with E-state index < -0.39 is 0 Å². The van der Waals surface area contributed by atoms with Crippen LogP contribution in [0.4, 0.5) is 4.39 Å². The number of para-hydroxylation sites is 1. The largest absolute Gasteiger partial charge is 0.347 e. The molecule has 2 nitrogen and oxygen atoms in total. The zero-order valence-electron chi connectivity index (χ0n) is 6.77. The van der Waals surface area contributed by atoms with Crippen molar-refractivity contribution < 1.29 is 4.39 Å². The Morgan fingerprint density at radius 1 is 1.46 bits per heavy atom. The summed E-state index contributed by atoms with van der Waals surface area (Å²) < 4.78 is 14.0. The molecule has 4 heteroatoms. The van der Waals surface area contributed by atoms with Gasteiger partial charge in [-0.15, -0.1) is 0 Å². The summed E-state index contributed by atoms with van der Waals surface area (Å²) in [5.74, 6) is -0.252. The molecule has 0 amide bonds. The van der Waals surface area contributed by atoms with E-state index in [1.165, 1.54) is 6.07 Å². The van der Waals surface area contributed by atoms with E-state index in [2.05, 4.69) is 20.9 Å². The molecule has 0 bridgehead atoms. The van der Waals surface area contributed by atoms with Crippen LogP contribution in [0.15, 0.2) is 22.8 Å². The van der Waals surface area contributed by atoms with Crippen molar-refractivity contribution in [3.63, 3.8) is 0 Å². The van der Waals surface area contributed by atoms with Crippen LogP contribution >= 0.6 is 15.9 Å². The first kappa shape index (κ1) is 8.72. The van der Waals surface area contributed by atoms with Gasteiger partial charge in [-0.25, -0.2) is 4.39 Å². The Morgan fingerprint density at radius 2 is 2.23 bits per heavy atom. The van der Waals surface area contributed by atoms with Crippen LogP contribution in [0.3, 0.4) is 0 Å². The third-order valence-corrected chi connectivity index (χ3v) is 2.72. The first-order valence-electron chi connectivity index (χ1n) is 3.88. The second-order valence-electron chi connectivity index (χ2n) is 2.78. The van der Waals surface area contributed by atoms with Crippen molar-refractivity contribution in [2.24, 2.45) is 5.73 Å². The standard InChI is InChI=1S/C9H8BrFN2/c10-9-6(4-12)5-2-1-3-7(11)8(5)13-9/h1-3,13H,4,12H2. The quantitative estimate of drug-likeness (QED) is 0.793. The fraction of sp³-hybridized carbons (Fsp3) is 0.111. The van der Waals surface area contributed by atoms with Crippen LogP contribution in [0.1, 0.15) is 5.56 Å². The number of hydrogen-bond acceptors (Lipinski definition) is 1. The molecule has 0 aliphatic heterocycles. The Hall–Kier alpha value is -0.870. The topological polar surface area (TPSA) is 41.8 Å². The summed E-state index contributed by atoms with van der Waals surface area (Å²) in [6.45, 7) is 0.393. The summed E-state index contributed by atoms with van der Waals surface area (Å²) in [6, 6.07) is 4.95. The highest BCUT2D eigenvalue weighted by atomic mass is 79.9. The highest BCUT2D eigenvalue weighted by Crippen LogP contribution is 2.27. The molecule has 0 saturated carbocycles. The van der Waals surface area contributed by atoms with E-state index >= 15 is 0 Å². The highest BCUT2D eigenvalue weighted by molar-refractivity contribution is 9.10. The van der Waals surface area contributed by atoms with Gasteiger partial charge in [0.15, 0.2) is 0 Å². The minimum atomic E-state index is -0.252. The van der Waals surface area contributed by atoms with Crippen molar-refractivity contribution in [2.75, 3.05) is 0 Å². The Labute approximate surface area is 83.1 Å². The van der Waals surface area contributed by atoms with Gasteiger partial charge in [-0.3, -0.25) is 0 Å². The number of halogens is 2. The molecule has 0 radical (unpaired) electrons. The van der Waals surface area contributed by atoms with E-state index in [9.17, 15) is 4.39 Å².